The zero-order valence-corrected chi connectivity index (χ0v) is 16.6. The molecule has 3 rings (SSSR count). The third kappa shape index (κ3) is 4.86. The number of rotatable bonds is 7. The molecule has 1 atom stereocenters. The molecule has 0 radical (unpaired) electrons. The van der Waals surface area contributed by atoms with E-state index in [4.69, 9.17) is 0 Å². The number of hydrogen-bond donors (Lipinski definition) is 2. The molecule has 9 nitrogen and oxygen atoms in total. The second-order valence-electron chi connectivity index (χ2n) is 7.27. The van der Waals surface area contributed by atoms with Crippen LogP contribution in [0.25, 0.3) is 0 Å². The van der Waals surface area contributed by atoms with E-state index in [9.17, 15) is 23.6 Å². The molecule has 2 heterocycles. The number of aliphatic hydroxyl groups excluding tert-OH is 1. The zero-order chi connectivity index (χ0) is 20.1. The van der Waals surface area contributed by atoms with Gasteiger partial charge in [-0.15, -0.1) is 0 Å². The Hall–Kier alpha value is -2.04. The molecule has 0 saturated heterocycles. The maximum Gasteiger partial charge on any atom is 0.269 e. The molecule has 0 saturated carbocycles. The summed E-state index contributed by atoms with van der Waals surface area (Å²) in [6.45, 7) is 2.99. The van der Waals surface area contributed by atoms with Crippen LogP contribution in [0.2, 0.25) is 0 Å². The van der Waals surface area contributed by atoms with E-state index in [2.05, 4.69) is 14.2 Å². The first-order valence-corrected chi connectivity index (χ1v) is 11.1. The number of benzene rings is 1. The van der Waals surface area contributed by atoms with E-state index in [-0.39, 0.29) is 17.2 Å². The molecule has 0 fully saturated rings. The van der Waals surface area contributed by atoms with Crippen molar-refractivity contribution in [3.05, 3.63) is 34.4 Å². The fourth-order valence-corrected chi connectivity index (χ4v) is 5.08. The molecule has 1 aromatic rings. The minimum atomic E-state index is -3.88. The maximum atomic E-state index is 12.6. The first kappa shape index (κ1) is 20.7. The molecule has 0 aromatic heterocycles. The summed E-state index contributed by atoms with van der Waals surface area (Å²) < 4.78 is 30.2. The number of nitro benzene ring substituents is 1. The Kier molecular flexibility index (Phi) is 6.63. The van der Waals surface area contributed by atoms with Crippen molar-refractivity contribution < 1.29 is 23.0 Å². The van der Waals surface area contributed by atoms with Crippen molar-refractivity contribution in [2.24, 2.45) is 0 Å². The van der Waals surface area contributed by atoms with E-state index < -0.39 is 21.0 Å². The summed E-state index contributed by atoms with van der Waals surface area (Å²) in [5, 5.41) is 20.5. The van der Waals surface area contributed by atoms with E-state index in [0.29, 0.717) is 6.54 Å². The smallest absolute Gasteiger partial charge is 0.269 e. The summed E-state index contributed by atoms with van der Waals surface area (Å²) in [6, 6.07) is 4.07. The molecule has 154 valence electrons. The van der Waals surface area contributed by atoms with E-state index >= 15 is 0 Å². The average molecular weight is 412 g/mol. The second-order valence-corrected chi connectivity index (χ2v) is 8.98. The molecule has 2 aliphatic rings. The molecule has 28 heavy (non-hydrogen) atoms. The van der Waals surface area contributed by atoms with Crippen molar-refractivity contribution in [2.75, 3.05) is 32.8 Å². The standard InChI is InChI=1S/C18H27N4O5S/c23-14-15(13-21-12-4-11-20-10-3-1-2-5-18(20)21)19-28(26,27)17-8-6-16(7-9-17)22(24)25/h6-9,15,19,23H,1-5,10-14H2/q+1/t15-/m0/s1. The van der Waals surface area contributed by atoms with Gasteiger partial charge in [-0.25, -0.2) is 13.1 Å². The van der Waals surface area contributed by atoms with Crippen molar-refractivity contribution in [3.8, 4) is 0 Å². The maximum absolute atomic E-state index is 12.6. The van der Waals surface area contributed by atoms with Crippen LogP contribution in [0.4, 0.5) is 5.69 Å². The predicted octanol–water partition coefficient (Wildman–Crippen LogP) is 0.925. The van der Waals surface area contributed by atoms with Crippen LogP contribution < -0.4 is 4.72 Å². The van der Waals surface area contributed by atoms with Gasteiger partial charge in [-0.3, -0.25) is 19.6 Å². The van der Waals surface area contributed by atoms with Crippen molar-refractivity contribution in [1.29, 1.82) is 0 Å². The number of nitrogens with zero attached hydrogens (tertiary/aromatic N) is 3. The first-order chi connectivity index (χ1) is 13.4. The molecule has 10 heteroatoms. The van der Waals surface area contributed by atoms with Crippen LogP contribution in [0.15, 0.2) is 29.2 Å². The highest BCUT2D eigenvalue weighted by atomic mass is 32.2. The molecule has 0 unspecified atom stereocenters. The molecule has 2 aliphatic heterocycles. The fraction of sp³-hybridized carbons (Fsp3) is 0.611. The number of hydrogen-bond acceptors (Lipinski definition) is 6. The van der Waals surface area contributed by atoms with E-state index in [1.54, 1.807) is 0 Å². The highest BCUT2D eigenvalue weighted by Gasteiger charge is 2.32. The van der Waals surface area contributed by atoms with Gasteiger partial charge in [0.1, 0.15) is 6.54 Å². The Balaban J connectivity index is 1.71. The molecule has 1 aromatic carbocycles. The van der Waals surface area contributed by atoms with Gasteiger partial charge >= 0.3 is 0 Å². The summed E-state index contributed by atoms with van der Waals surface area (Å²) in [5.74, 6) is 1.25. The SMILES string of the molecule is O=[N+]([O-])c1ccc(S(=O)(=O)N[C@H](CO)CN2CCC[N+]3=C2CCCCC3)cc1. The fourth-order valence-electron chi connectivity index (χ4n) is 3.86. The van der Waals surface area contributed by atoms with Gasteiger partial charge < -0.3 is 5.11 Å². The lowest BCUT2D eigenvalue weighted by Gasteiger charge is -2.29. The highest BCUT2D eigenvalue weighted by molar-refractivity contribution is 7.89. The van der Waals surface area contributed by atoms with Crippen LogP contribution in [0, 0.1) is 10.1 Å². The van der Waals surface area contributed by atoms with Gasteiger partial charge in [0.05, 0.1) is 42.1 Å². The van der Waals surface area contributed by atoms with Crippen LogP contribution in [0.1, 0.15) is 32.1 Å². The molecule has 0 aliphatic carbocycles. The Morgan fingerprint density at radius 2 is 1.89 bits per heavy atom. The predicted molar refractivity (Wildman–Crippen MR) is 104 cm³/mol. The molecular formula is C18H27N4O5S+. The number of sulfonamides is 1. The Labute approximate surface area is 164 Å². The van der Waals surface area contributed by atoms with Crippen molar-refractivity contribution in [2.45, 2.75) is 43.0 Å². The topological polar surface area (TPSA) is 116 Å². The number of nitro groups is 1. The van der Waals surface area contributed by atoms with Gasteiger partial charge in [-0.2, -0.15) is 0 Å². The number of aliphatic hydroxyl groups is 1. The van der Waals surface area contributed by atoms with Gasteiger partial charge in [0, 0.05) is 25.0 Å². The first-order valence-electron chi connectivity index (χ1n) is 9.64. The normalized spacial score (nSPS) is 19.1. The van der Waals surface area contributed by atoms with Crippen LogP contribution in [-0.4, -0.2) is 72.6 Å². The third-order valence-electron chi connectivity index (χ3n) is 5.26. The summed E-state index contributed by atoms with van der Waals surface area (Å²) in [5.41, 5.74) is -0.171. The monoisotopic (exact) mass is 411 g/mol. The average Bonchev–Trinajstić information content (AvgIpc) is 2.93. The minimum absolute atomic E-state index is 0.0565. The summed E-state index contributed by atoms with van der Waals surface area (Å²) >= 11 is 0. The lowest BCUT2D eigenvalue weighted by Crippen LogP contribution is -2.51. The van der Waals surface area contributed by atoms with Gasteiger partial charge in [-0.05, 0) is 31.4 Å². The van der Waals surface area contributed by atoms with Crippen molar-refractivity contribution >= 4 is 21.5 Å². The third-order valence-corrected chi connectivity index (χ3v) is 6.79. The Morgan fingerprint density at radius 1 is 1.18 bits per heavy atom. The Bertz CT molecular complexity index is 838. The lowest BCUT2D eigenvalue weighted by atomic mass is 10.1. The molecule has 0 bridgehead atoms. The summed E-state index contributed by atoms with van der Waals surface area (Å²) in [6.07, 6.45) is 5.49. The number of nitrogens with one attached hydrogen (secondary N) is 1. The summed E-state index contributed by atoms with van der Waals surface area (Å²) in [4.78, 5) is 12.3. The number of non-ortho nitro benzene ring substituents is 1. The van der Waals surface area contributed by atoms with Gasteiger partial charge in [-0.1, -0.05) is 0 Å². The number of amidine groups is 1. The summed E-state index contributed by atoms with van der Waals surface area (Å²) in [7, 11) is -3.88. The van der Waals surface area contributed by atoms with Gasteiger partial charge in [0.15, 0.2) is 0 Å². The van der Waals surface area contributed by atoms with Crippen molar-refractivity contribution in [1.82, 2.24) is 9.62 Å². The van der Waals surface area contributed by atoms with Gasteiger partial charge in [0.2, 0.25) is 15.9 Å². The van der Waals surface area contributed by atoms with E-state index in [1.807, 2.05) is 0 Å². The second kappa shape index (κ2) is 8.97. The van der Waals surface area contributed by atoms with Crippen LogP contribution >= 0.6 is 0 Å². The van der Waals surface area contributed by atoms with Crippen LogP contribution in [-0.2, 0) is 10.0 Å². The highest BCUT2D eigenvalue weighted by Crippen LogP contribution is 2.18. The molecule has 0 amide bonds. The van der Waals surface area contributed by atoms with E-state index in [0.717, 1.165) is 51.0 Å². The lowest BCUT2D eigenvalue weighted by molar-refractivity contribution is -0.539. The zero-order valence-electron chi connectivity index (χ0n) is 15.8. The Morgan fingerprint density at radius 3 is 2.57 bits per heavy atom. The van der Waals surface area contributed by atoms with E-state index in [1.165, 1.54) is 30.8 Å². The van der Waals surface area contributed by atoms with Crippen LogP contribution in [0.3, 0.4) is 0 Å². The van der Waals surface area contributed by atoms with Gasteiger partial charge in [0.25, 0.3) is 5.69 Å². The molecule has 2 N–H and O–H groups in total. The van der Waals surface area contributed by atoms with Crippen molar-refractivity contribution in [3.63, 3.8) is 0 Å². The molecule has 0 spiro atoms. The quantitative estimate of drug-likeness (QED) is 0.392. The minimum Gasteiger partial charge on any atom is -0.395 e. The van der Waals surface area contributed by atoms with Crippen LogP contribution in [0.5, 0.6) is 0 Å². The molecular weight excluding hydrogens is 384 g/mol. The largest absolute Gasteiger partial charge is 0.395 e.